The quantitative estimate of drug-likeness (QED) is 0.444. The summed E-state index contributed by atoms with van der Waals surface area (Å²) in [5.41, 5.74) is 4.14. The molecule has 0 radical (unpaired) electrons. The lowest BCUT2D eigenvalue weighted by atomic mass is 10.1. The molecule has 0 spiro atoms. The first-order chi connectivity index (χ1) is 16.7. The zero-order chi connectivity index (χ0) is 23.1. The van der Waals surface area contributed by atoms with E-state index in [1.54, 1.807) is 18.5 Å². The Morgan fingerprint density at radius 1 is 1.00 bits per heavy atom. The van der Waals surface area contributed by atoms with Crippen molar-refractivity contribution >= 4 is 50.7 Å². The first kappa shape index (κ1) is 20.3. The van der Waals surface area contributed by atoms with E-state index < -0.39 is 5.91 Å². The molecule has 7 nitrogen and oxygen atoms in total. The van der Waals surface area contributed by atoms with Crippen molar-refractivity contribution in [3.63, 3.8) is 0 Å². The van der Waals surface area contributed by atoms with Gasteiger partial charge in [-0.1, -0.05) is 48.5 Å². The third kappa shape index (κ3) is 3.54. The van der Waals surface area contributed by atoms with Crippen molar-refractivity contribution in [1.82, 2.24) is 14.6 Å². The highest BCUT2D eigenvalue weighted by Gasteiger charge is 2.36. The lowest BCUT2D eigenvalue weighted by Gasteiger charge is -2.20. The molecule has 4 heterocycles. The number of amidine groups is 2. The fourth-order valence-corrected chi connectivity index (χ4v) is 4.94. The van der Waals surface area contributed by atoms with Gasteiger partial charge in [0, 0.05) is 47.2 Å². The van der Waals surface area contributed by atoms with E-state index in [0.29, 0.717) is 16.8 Å². The molecule has 4 aromatic rings. The number of rotatable bonds is 4. The predicted molar refractivity (Wildman–Crippen MR) is 136 cm³/mol. The Hall–Kier alpha value is -4.30. The Bertz CT molecular complexity index is 1540. The number of carbonyl (C=O) groups excluding carboxylic acids is 1. The third-order valence-corrected chi connectivity index (χ3v) is 6.64. The second-order valence-corrected chi connectivity index (χ2v) is 8.84. The molecular weight excluding hydrogens is 444 g/mol. The maximum atomic E-state index is 12.9. The number of benzene rings is 2. The minimum atomic E-state index is -0.439. The molecule has 6 rings (SSSR count). The molecule has 0 fully saturated rings. The number of hydrazone groups is 1. The molecule has 2 aromatic heterocycles. The van der Waals surface area contributed by atoms with Crippen LogP contribution in [0.2, 0.25) is 0 Å². The average molecular weight is 463 g/mol. The third-order valence-electron chi connectivity index (χ3n) is 5.68. The molecule has 0 atom stereocenters. The van der Waals surface area contributed by atoms with Gasteiger partial charge in [0.05, 0.1) is 5.57 Å². The molecule has 34 heavy (non-hydrogen) atoms. The second kappa shape index (κ2) is 8.24. The van der Waals surface area contributed by atoms with E-state index in [0.717, 1.165) is 22.0 Å². The molecule has 0 aliphatic carbocycles. The Kier molecular flexibility index (Phi) is 4.92. The molecular formula is C26H18N6OS. The van der Waals surface area contributed by atoms with Gasteiger partial charge in [-0.3, -0.25) is 15.2 Å². The summed E-state index contributed by atoms with van der Waals surface area (Å²) in [4.78, 5) is 21.3. The molecule has 0 unspecified atom stereocenters. The highest BCUT2D eigenvalue weighted by atomic mass is 32.2. The predicted octanol–water partition coefficient (Wildman–Crippen LogP) is 4.75. The van der Waals surface area contributed by atoms with Crippen LogP contribution in [0.4, 0.5) is 0 Å². The summed E-state index contributed by atoms with van der Waals surface area (Å²) >= 11 is 1.26. The maximum absolute atomic E-state index is 12.9. The molecule has 2 aliphatic rings. The Morgan fingerprint density at radius 2 is 1.82 bits per heavy atom. The lowest BCUT2D eigenvalue weighted by Crippen LogP contribution is -2.35. The zero-order valence-electron chi connectivity index (χ0n) is 17.9. The van der Waals surface area contributed by atoms with E-state index in [4.69, 9.17) is 5.41 Å². The van der Waals surface area contributed by atoms with E-state index in [1.165, 1.54) is 22.3 Å². The summed E-state index contributed by atoms with van der Waals surface area (Å²) in [6.07, 6.45) is 7.16. The van der Waals surface area contributed by atoms with Gasteiger partial charge < -0.3 is 4.57 Å². The summed E-state index contributed by atoms with van der Waals surface area (Å²) < 4.78 is 2.16. The Morgan fingerprint density at radius 3 is 2.65 bits per heavy atom. The summed E-state index contributed by atoms with van der Waals surface area (Å²) in [6.45, 7) is 0.708. The van der Waals surface area contributed by atoms with Crippen LogP contribution in [0.15, 0.2) is 101 Å². The van der Waals surface area contributed by atoms with Crippen LogP contribution in [0.25, 0.3) is 17.0 Å². The van der Waals surface area contributed by atoms with Crippen molar-refractivity contribution in [3.05, 3.63) is 108 Å². The van der Waals surface area contributed by atoms with Gasteiger partial charge in [-0.25, -0.2) is 0 Å². The van der Waals surface area contributed by atoms with Crippen LogP contribution in [-0.2, 0) is 11.3 Å². The number of nitrogens with zero attached hydrogens (tertiary/aromatic N) is 5. The van der Waals surface area contributed by atoms with Crippen molar-refractivity contribution in [2.75, 3.05) is 0 Å². The molecule has 0 saturated heterocycles. The van der Waals surface area contributed by atoms with Crippen molar-refractivity contribution in [2.24, 2.45) is 10.1 Å². The van der Waals surface area contributed by atoms with Crippen LogP contribution in [-0.4, -0.2) is 36.5 Å². The number of amides is 1. The first-order valence-corrected chi connectivity index (χ1v) is 11.5. The van der Waals surface area contributed by atoms with Gasteiger partial charge in [-0.2, -0.15) is 15.1 Å². The standard InChI is InChI=1S/C26H18N6OS/c27-23-21(24(33)29-26-32(23)30-25(34-26)18-9-6-12-28-14-18)13-19-16-31(15-17-7-2-1-3-8-17)22-11-5-4-10-20(19)22/h1-14,16,27H,15H2. The number of fused-ring (bicyclic) bond motifs is 2. The van der Waals surface area contributed by atoms with Crippen molar-refractivity contribution in [2.45, 2.75) is 6.54 Å². The fourth-order valence-electron chi connectivity index (χ4n) is 4.05. The van der Waals surface area contributed by atoms with E-state index >= 15 is 0 Å². The van der Waals surface area contributed by atoms with Gasteiger partial charge in [0.1, 0.15) is 5.04 Å². The van der Waals surface area contributed by atoms with Crippen LogP contribution in [0, 0.1) is 5.41 Å². The maximum Gasteiger partial charge on any atom is 0.283 e. The zero-order valence-corrected chi connectivity index (χ0v) is 18.7. The van der Waals surface area contributed by atoms with E-state index in [2.05, 4.69) is 37.8 Å². The van der Waals surface area contributed by atoms with Crippen LogP contribution in [0.3, 0.4) is 0 Å². The van der Waals surface area contributed by atoms with Crippen LogP contribution in [0.5, 0.6) is 0 Å². The minimum Gasteiger partial charge on any atom is -0.342 e. The fraction of sp³-hybridized carbons (Fsp3) is 0.0385. The van der Waals surface area contributed by atoms with Crippen molar-refractivity contribution < 1.29 is 4.79 Å². The Balaban J connectivity index is 1.38. The molecule has 164 valence electrons. The average Bonchev–Trinajstić information content (AvgIpc) is 3.45. The molecule has 2 aromatic carbocycles. The number of carbonyl (C=O) groups is 1. The number of hydrogen-bond acceptors (Lipinski definition) is 5. The number of aromatic nitrogens is 2. The summed E-state index contributed by atoms with van der Waals surface area (Å²) in [5, 5.41) is 16.7. The van der Waals surface area contributed by atoms with Crippen molar-refractivity contribution in [1.29, 1.82) is 5.41 Å². The topological polar surface area (TPSA) is 86.7 Å². The minimum absolute atomic E-state index is 0.0151. The number of para-hydroxylation sites is 1. The number of thioether (sulfide) groups is 1. The van der Waals surface area contributed by atoms with Gasteiger partial charge in [0.15, 0.2) is 5.84 Å². The summed E-state index contributed by atoms with van der Waals surface area (Å²) in [7, 11) is 0. The number of hydrogen-bond donors (Lipinski definition) is 1. The molecule has 0 saturated carbocycles. The second-order valence-electron chi connectivity index (χ2n) is 7.88. The van der Waals surface area contributed by atoms with Gasteiger partial charge in [0.2, 0.25) is 5.17 Å². The highest BCUT2D eigenvalue weighted by Crippen LogP contribution is 2.32. The van der Waals surface area contributed by atoms with E-state index in [-0.39, 0.29) is 11.4 Å². The summed E-state index contributed by atoms with van der Waals surface area (Å²) in [5.74, 6) is -0.424. The molecule has 8 heteroatoms. The smallest absolute Gasteiger partial charge is 0.283 e. The molecule has 1 N–H and O–H groups in total. The van der Waals surface area contributed by atoms with Gasteiger partial charge in [0.25, 0.3) is 5.91 Å². The van der Waals surface area contributed by atoms with Crippen LogP contribution < -0.4 is 0 Å². The molecule has 1 amide bonds. The SMILES string of the molecule is N=C1C(=Cc2cn(Cc3ccccc3)c3ccccc23)C(=O)N=C2SC(c3cccnc3)=NN12. The number of nitrogens with one attached hydrogen (secondary N) is 1. The normalized spacial score (nSPS) is 16.7. The van der Waals surface area contributed by atoms with Gasteiger partial charge in [-0.15, -0.1) is 0 Å². The largest absolute Gasteiger partial charge is 0.342 e. The number of aliphatic imine (C=N–C) groups is 1. The summed E-state index contributed by atoms with van der Waals surface area (Å²) in [6, 6.07) is 22.0. The molecule has 0 bridgehead atoms. The van der Waals surface area contributed by atoms with E-state index in [9.17, 15) is 4.79 Å². The van der Waals surface area contributed by atoms with E-state index in [1.807, 2.05) is 54.7 Å². The van der Waals surface area contributed by atoms with Crippen LogP contribution in [0.1, 0.15) is 16.7 Å². The highest BCUT2D eigenvalue weighted by molar-refractivity contribution is 8.27. The van der Waals surface area contributed by atoms with Gasteiger partial charge in [-0.05, 0) is 41.6 Å². The molecule has 2 aliphatic heterocycles. The monoisotopic (exact) mass is 462 g/mol. The van der Waals surface area contributed by atoms with Gasteiger partial charge >= 0.3 is 0 Å². The van der Waals surface area contributed by atoms with Crippen LogP contribution >= 0.6 is 11.8 Å². The van der Waals surface area contributed by atoms with Crippen molar-refractivity contribution in [3.8, 4) is 0 Å². The first-order valence-electron chi connectivity index (χ1n) is 10.7. The number of pyridine rings is 1. The Labute approximate surface area is 199 Å². The lowest BCUT2D eigenvalue weighted by molar-refractivity contribution is -0.114.